The maximum Gasteiger partial charge on any atom is 0.352 e. The first-order valence-electron chi connectivity index (χ1n) is 4.07. The molecule has 0 amide bonds. The molecule has 1 unspecified atom stereocenters. The molecule has 14 heavy (non-hydrogen) atoms. The minimum Gasteiger partial charge on any atom is -0.508 e. The smallest absolute Gasteiger partial charge is 0.352 e. The predicted molar refractivity (Wildman–Crippen MR) is 49.1 cm³/mol. The first-order valence-corrected chi connectivity index (χ1v) is 4.07. The van der Waals surface area contributed by atoms with Gasteiger partial charge in [0.05, 0.1) is 0 Å². The fourth-order valence-electron chi connectivity index (χ4n) is 1.31. The number of para-hydroxylation sites is 1. The molecule has 1 aliphatic heterocycles. The van der Waals surface area contributed by atoms with Crippen LogP contribution in [0, 0.1) is 0 Å². The van der Waals surface area contributed by atoms with Gasteiger partial charge in [0.25, 0.3) is 6.10 Å². The zero-order valence-electron chi connectivity index (χ0n) is 7.18. The average Bonchev–Trinajstić information content (AvgIpc) is 2.16. The van der Waals surface area contributed by atoms with Gasteiger partial charge in [-0.15, -0.1) is 0 Å². The van der Waals surface area contributed by atoms with Crippen molar-refractivity contribution in [2.75, 3.05) is 0 Å². The van der Waals surface area contributed by atoms with Crippen molar-refractivity contribution >= 4 is 12.0 Å². The Hall–Kier alpha value is -1.97. The van der Waals surface area contributed by atoms with Gasteiger partial charge in [-0.25, -0.2) is 4.79 Å². The Morgan fingerprint density at radius 3 is 2.79 bits per heavy atom. The SMILES string of the molecule is O=C(O)C1Oc2ccccc2C=C1O. The molecule has 1 aromatic carbocycles. The van der Waals surface area contributed by atoms with Gasteiger partial charge in [-0.3, -0.25) is 0 Å². The van der Waals surface area contributed by atoms with Gasteiger partial charge in [0.2, 0.25) is 0 Å². The standard InChI is InChI=1S/C10H8O4/c11-7-5-6-3-1-2-4-8(6)14-9(7)10(12)13/h1-5,9,11H,(H,12,13). The number of carboxylic acids is 1. The van der Waals surface area contributed by atoms with Crippen LogP contribution in [-0.2, 0) is 4.79 Å². The lowest BCUT2D eigenvalue weighted by Crippen LogP contribution is -2.31. The number of ether oxygens (including phenoxy) is 1. The second-order valence-electron chi connectivity index (χ2n) is 2.94. The van der Waals surface area contributed by atoms with Crippen LogP contribution in [-0.4, -0.2) is 22.3 Å². The lowest BCUT2D eigenvalue weighted by atomic mass is 10.1. The summed E-state index contributed by atoms with van der Waals surface area (Å²) < 4.78 is 5.09. The van der Waals surface area contributed by atoms with Crippen LogP contribution >= 0.6 is 0 Å². The number of benzene rings is 1. The summed E-state index contributed by atoms with van der Waals surface area (Å²) in [4.78, 5) is 10.6. The molecule has 0 saturated heterocycles. The molecule has 0 aliphatic carbocycles. The quantitative estimate of drug-likeness (QED) is 0.706. The Morgan fingerprint density at radius 2 is 2.07 bits per heavy atom. The van der Waals surface area contributed by atoms with Crippen LogP contribution in [0.5, 0.6) is 5.75 Å². The molecule has 0 radical (unpaired) electrons. The summed E-state index contributed by atoms with van der Waals surface area (Å²) >= 11 is 0. The highest BCUT2D eigenvalue weighted by atomic mass is 16.5. The molecule has 0 spiro atoms. The van der Waals surface area contributed by atoms with Crippen molar-refractivity contribution in [3.8, 4) is 5.75 Å². The molecule has 1 heterocycles. The number of hydrogen-bond donors (Lipinski definition) is 2. The van der Waals surface area contributed by atoms with E-state index in [1.807, 2.05) is 0 Å². The first kappa shape index (κ1) is 8.62. The van der Waals surface area contributed by atoms with Gasteiger partial charge in [-0.1, -0.05) is 18.2 Å². The summed E-state index contributed by atoms with van der Waals surface area (Å²) in [5, 5.41) is 18.0. The molecule has 0 saturated carbocycles. The molecule has 2 N–H and O–H groups in total. The van der Waals surface area contributed by atoms with E-state index in [-0.39, 0.29) is 5.76 Å². The number of aliphatic carboxylic acids is 1. The Morgan fingerprint density at radius 1 is 1.36 bits per heavy atom. The Labute approximate surface area is 80.1 Å². The Bertz CT molecular complexity index is 408. The third kappa shape index (κ3) is 1.31. The lowest BCUT2D eigenvalue weighted by Gasteiger charge is -2.20. The number of hydrogen-bond acceptors (Lipinski definition) is 3. The fourth-order valence-corrected chi connectivity index (χ4v) is 1.31. The summed E-state index contributed by atoms with van der Waals surface area (Å²) in [6.45, 7) is 0. The van der Waals surface area contributed by atoms with Crippen molar-refractivity contribution in [1.82, 2.24) is 0 Å². The summed E-state index contributed by atoms with van der Waals surface area (Å²) in [5.74, 6) is -1.01. The van der Waals surface area contributed by atoms with E-state index in [0.29, 0.717) is 11.3 Å². The van der Waals surface area contributed by atoms with E-state index >= 15 is 0 Å². The molecular weight excluding hydrogens is 184 g/mol. The molecule has 1 atom stereocenters. The topological polar surface area (TPSA) is 66.8 Å². The molecule has 2 rings (SSSR count). The molecule has 72 valence electrons. The van der Waals surface area contributed by atoms with Gasteiger partial charge < -0.3 is 14.9 Å². The number of aliphatic hydroxyl groups is 1. The second-order valence-corrected chi connectivity index (χ2v) is 2.94. The van der Waals surface area contributed by atoms with Gasteiger partial charge in [-0.2, -0.15) is 0 Å². The fraction of sp³-hybridized carbons (Fsp3) is 0.100. The van der Waals surface area contributed by atoms with Gasteiger partial charge in [0.1, 0.15) is 11.5 Å². The van der Waals surface area contributed by atoms with Crippen LogP contribution in [0.4, 0.5) is 0 Å². The maximum atomic E-state index is 10.6. The molecule has 0 aromatic heterocycles. The second kappa shape index (κ2) is 3.06. The highest BCUT2D eigenvalue weighted by molar-refractivity contribution is 5.80. The van der Waals surface area contributed by atoms with Crippen LogP contribution in [0.15, 0.2) is 30.0 Å². The molecule has 4 nitrogen and oxygen atoms in total. The molecular formula is C10H8O4. The zero-order chi connectivity index (χ0) is 10.1. The minimum absolute atomic E-state index is 0.281. The normalized spacial score (nSPS) is 19.1. The number of fused-ring (bicyclic) bond motifs is 1. The largest absolute Gasteiger partial charge is 0.508 e. The van der Waals surface area contributed by atoms with Crippen molar-refractivity contribution in [2.45, 2.75) is 6.10 Å². The van der Waals surface area contributed by atoms with Crippen LogP contribution in [0.2, 0.25) is 0 Å². The summed E-state index contributed by atoms with van der Waals surface area (Å²) in [6.07, 6.45) is 0.113. The molecule has 1 aliphatic rings. The first-order chi connectivity index (χ1) is 6.68. The van der Waals surface area contributed by atoms with E-state index in [1.165, 1.54) is 6.08 Å². The molecule has 0 fully saturated rings. The summed E-state index contributed by atoms with van der Waals surface area (Å²) in [5.41, 5.74) is 0.683. The van der Waals surface area contributed by atoms with Gasteiger partial charge >= 0.3 is 5.97 Å². The lowest BCUT2D eigenvalue weighted by molar-refractivity contribution is -0.144. The number of carbonyl (C=O) groups is 1. The van der Waals surface area contributed by atoms with Gasteiger partial charge in [0.15, 0.2) is 0 Å². The Balaban J connectivity index is 2.43. The van der Waals surface area contributed by atoms with E-state index in [0.717, 1.165) is 0 Å². The third-order valence-corrected chi connectivity index (χ3v) is 1.96. The van der Waals surface area contributed by atoms with Crippen molar-refractivity contribution in [2.24, 2.45) is 0 Å². The third-order valence-electron chi connectivity index (χ3n) is 1.96. The molecule has 0 bridgehead atoms. The van der Waals surface area contributed by atoms with E-state index < -0.39 is 12.1 Å². The van der Waals surface area contributed by atoms with Crippen molar-refractivity contribution in [1.29, 1.82) is 0 Å². The highest BCUT2D eigenvalue weighted by Crippen LogP contribution is 2.28. The average molecular weight is 192 g/mol. The zero-order valence-corrected chi connectivity index (χ0v) is 7.18. The summed E-state index contributed by atoms with van der Waals surface area (Å²) in [7, 11) is 0. The van der Waals surface area contributed by atoms with E-state index in [2.05, 4.69) is 0 Å². The number of rotatable bonds is 1. The summed E-state index contributed by atoms with van der Waals surface area (Å²) in [6, 6.07) is 6.93. The van der Waals surface area contributed by atoms with Crippen LogP contribution in [0.1, 0.15) is 5.56 Å². The van der Waals surface area contributed by atoms with E-state index in [9.17, 15) is 9.90 Å². The van der Waals surface area contributed by atoms with Gasteiger partial charge in [0, 0.05) is 5.56 Å². The molecule has 1 aromatic rings. The minimum atomic E-state index is -1.29. The Kier molecular flexibility index (Phi) is 1.89. The highest BCUT2D eigenvalue weighted by Gasteiger charge is 2.28. The van der Waals surface area contributed by atoms with E-state index in [1.54, 1.807) is 24.3 Å². The number of carboxylic acid groups (broad SMARTS) is 1. The van der Waals surface area contributed by atoms with Crippen LogP contribution in [0.25, 0.3) is 6.08 Å². The predicted octanol–water partition coefficient (Wildman–Crippen LogP) is 1.43. The van der Waals surface area contributed by atoms with Crippen LogP contribution in [0.3, 0.4) is 0 Å². The monoisotopic (exact) mass is 192 g/mol. The maximum absolute atomic E-state index is 10.6. The van der Waals surface area contributed by atoms with Crippen molar-refractivity contribution in [3.05, 3.63) is 35.6 Å². The molecule has 4 heteroatoms. The van der Waals surface area contributed by atoms with Crippen molar-refractivity contribution in [3.63, 3.8) is 0 Å². The number of aliphatic hydroxyl groups excluding tert-OH is 1. The van der Waals surface area contributed by atoms with Crippen LogP contribution < -0.4 is 4.74 Å². The van der Waals surface area contributed by atoms with Gasteiger partial charge in [-0.05, 0) is 12.1 Å². The van der Waals surface area contributed by atoms with Crippen molar-refractivity contribution < 1.29 is 19.7 Å². The van der Waals surface area contributed by atoms with E-state index in [4.69, 9.17) is 9.84 Å².